The summed E-state index contributed by atoms with van der Waals surface area (Å²) in [6.07, 6.45) is 2.65. The van der Waals surface area contributed by atoms with Crippen molar-refractivity contribution < 1.29 is 0 Å². The van der Waals surface area contributed by atoms with E-state index in [1.807, 2.05) is 0 Å². The number of hydrogen-bond acceptors (Lipinski definition) is 3. The van der Waals surface area contributed by atoms with Crippen LogP contribution in [-0.2, 0) is 0 Å². The lowest BCUT2D eigenvalue weighted by Crippen LogP contribution is -2.47. The van der Waals surface area contributed by atoms with E-state index in [1.165, 1.54) is 25.9 Å². The van der Waals surface area contributed by atoms with Crippen molar-refractivity contribution in [2.24, 2.45) is 5.73 Å². The molecule has 78 valence electrons. The van der Waals surface area contributed by atoms with Crippen LogP contribution >= 0.6 is 0 Å². The fourth-order valence-corrected chi connectivity index (χ4v) is 2.10. The summed E-state index contributed by atoms with van der Waals surface area (Å²) in [7, 11) is 4.39. The molecule has 0 bridgehead atoms. The summed E-state index contributed by atoms with van der Waals surface area (Å²) in [5.74, 6) is 0. The molecule has 1 unspecified atom stereocenters. The van der Waals surface area contributed by atoms with Gasteiger partial charge in [0.1, 0.15) is 0 Å². The molecule has 0 aromatic rings. The van der Waals surface area contributed by atoms with E-state index in [-0.39, 0.29) is 6.04 Å². The van der Waals surface area contributed by atoms with Crippen LogP contribution in [0.3, 0.4) is 0 Å². The molecular weight excluding hydrogens is 162 g/mol. The fraction of sp³-hybridized carbons (Fsp3) is 1.00. The Kier molecular flexibility index (Phi) is 4.16. The molecule has 0 aromatic carbocycles. The predicted molar refractivity (Wildman–Crippen MR) is 56.8 cm³/mol. The normalized spacial score (nSPS) is 27.9. The quantitative estimate of drug-likeness (QED) is 0.689. The lowest BCUT2D eigenvalue weighted by molar-refractivity contribution is 0.131. The van der Waals surface area contributed by atoms with Crippen LogP contribution in [0.5, 0.6) is 0 Å². The van der Waals surface area contributed by atoms with Crippen molar-refractivity contribution in [2.75, 3.05) is 33.7 Å². The Bertz CT molecular complexity index is 147. The van der Waals surface area contributed by atoms with E-state index >= 15 is 0 Å². The largest absolute Gasteiger partial charge is 0.327 e. The molecule has 0 saturated carbocycles. The molecule has 3 heteroatoms. The Labute approximate surface area is 81.9 Å². The van der Waals surface area contributed by atoms with Crippen molar-refractivity contribution in [2.45, 2.75) is 31.8 Å². The van der Waals surface area contributed by atoms with Gasteiger partial charge in [-0.1, -0.05) is 0 Å². The maximum atomic E-state index is 5.78. The highest BCUT2D eigenvalue weighted by Crippen LogP contribution is 2.13. The van der Waals surface area contributed by atoms with Gasteiger partial charge in [-0.2, -0.15) is 0 Å². The first kappa shape index (κ1) is 11.0. The molecule has 0 spiro atoms. The Morgan fingerprint density at radius 1 is 1.62 bits per heavy atom. The fourth-order valence-electron chi connectivity index (χ4n) is 2.10. The van der Waals surface area contributed by atoms with E-state index in [0.29, 0.717) is 6.04 Å². The van der Waals surface area contributed by atoms with Crippen molar-refractivity contribution in [1.82, 2.24) is 9.80 Å². The minimum Gasteiger partial charge on any atom is -0.327 e. The van der Waals surface area contributed by atoms with Crippen LogP contribution in [0.15, 0.2) is 0 Å². The Morgan fingerprint density at radius 2 is 2.31 bits per heavy atom. The molecular formula is C10H23N3. The maximum Gasteiger partial charge on any atom is 0.0221 e. The molecule has 13 heavy (non-hydrogen) atoms. The lowest BCUT2D eigenvalue weighted by Gasteiger charge is -2.36. The summed E-state index contributed by atoms with van der Waals surface area (Å²) >= 11 is 0. The number of likely N-dealkylation sites (tertiary alicyclic amines) is 1. The van der Waals surface area contributed by atoms with Crippen molar-refractivity contribution in [3.8, 4) is 0 Å². The minimum atomic E-state index is 0.289. The van der Waals surface area contributed by atoms with E-state index in [4.69, 9.17) is 5.73 Å². The Balaban J connectivity index is 2.32. The van der Waals surface area contributed by atoms with E-state index in [9.17, 15) is 0 Å². The minimum absolute atomic E-state index is 0.289. The molecule has 3 nitrogen and oxygen atoms in total. The molecule has 1 saturated heterocycles. The standard InChI is InChI=1S/C10H23N3/c1-9(11)7-13(3)10-5-4-6-12(2)8-10/h9-10H,4-8,11H2,1-3H3/t9-,10?/m0/s1. The van der Waals surface area contributed by atoms with E-state index < -0.39 is 0 Å². The van der Waals surface area contributed by atoms with E-state index in [1.54, 1.807) is 0 Å². The van der Waals surface area contributed by atoms with Gasteiger partial charge in [-0.3, -0.25) is 0 Å². The topological polar surface area (TPSA) is 32.5 Å². The third-order valence-electron chi connectivity index (χ3n) is 2.80. The zero-order chi connectivity index (χ0) is 9.84. The summed E-state index contributed by atoms with van der Waals surface area (Å²) in [5, 5.41) is 0. The van der Waals surface area contributed by atoms with Crippen LogP contribution in [0.1, 0.15) is 19.8 Å². The third-order valence-corrected chi connectivity index (χ3v) is 2.80. The van der Waals surface area contributed by atoms with Gasteiger partial charge in [-0.15, -0.1) is 0 Å². The van der Waals surface area contributed by atoms with Crippen LogP contribution in [0.25, 0.3) is 0 Å². The highest BCUT2D eigenvalue weighted by molar-refractivity contribution is 4.78. The monoisotopic (exact) mass is 185 g/mol. The van der Waals surface area contributed by atoms with Gasteiger partial charge in [0.15, 0.2) is 0 Å². The van der Waals surface area contributed by atoms with Gasteiger partial charge in [-0.25, -0.2) is 0 Å². The van der Waals surface area contributed by atoms with Crippen molar-refractivity contribution in [1.29, 1.82) is 0 Å². The molecule has 1 aliphatic rings. The number of rotatable bonds is 3. The van der Waals surface area contributed by atoms with Crippen LogP contribution in [-0.4, -0.2) is 55.6 Å². The summed E-state index contributed by atoms with van der Waals surface area (Å²) in [5.41, 5.74) is 5.78. The number of likely N-dealkylation sites (N-methyl/N-ethyl adjacent to an activating group) is 2. The van der Waals surface area contributed by atoms with E-state index in [2.05, 4.69) is 30.8 Å². The van der Waals surface area contributed by atoms with E-state index in [0.717, 1.165) is 6.54 Å². The van der Waals surface area contributed by atoms with Gasteiger partial charge in [0, 0.05) is 25.2 Å². The molecule has 1 fully saturated rings. The molecule has 0 aliphatic carbocycles. The molecule has 1 heterocycles. The number of nitrogens with zero attached hydrogens (tertiary/aromatic N) is 2. The van der Waals surface area contributed by atoms with Gasteiger partial charge in [0.25, 0.3) is 0 Å². The van der Waals surface area contributed by atoms with Crippen LogP contribution in [0, 0.1) is 0 Å². The lowest BCUT2D eigenvalue weighted by atomic mass is 10.0. The smallest absolute Gasteiger partial charge is 0.0221 e. The van der Waals surface area contributed by atoms with Gasteiger partial charge in [0.2, 0.25) is 0 Å². The van der Waals surface area contributed by atoms with Crippen molar-refractivity contribution >= 4 is 0 Å². The first-order valence-corrected chi connectivity index (χ1v) is 5.24. The van der Waals surface area contributed by atoms with Gasteiger partial charge >= 0.3 is 0 Å². The zero-order valence-electron chi connectivity index (χ0n) is 9.16. The molecule has 2 atom stereocenters. The summed E-state index contributed by atoms with van der Waals surface area (Å²) in [6, 6.07) is 1.00. The zero-order valence-corrected chi connectivity index (χ0v) is 9.16. The number of hydrogen-bond donors (Lipinski definition) is 1. The van der Waals surface area contributed by atoms with Crippen molar-refractivity contribution in [3.63, 3.8) is 0 Å². The van der Waals surface area contributed by atoms with Gasteiger partial charge < -0.3 is 15.5 Å². The molecule has 2 N–H and O–H groups in total. The maximum absolute atomic E-state index is 5.78. The summed E-state index contributed by atoms with van der Waals surface area (Å²) in [6.45, 7) is 5.54. The Hall–Kier alpha value is -0.120. The Morgan fingerprint density at radius 3 is 2.85 bits per heavy atom. The second-order valence-corrected chi connectivity index (χ2v) is 4.48. The second-order valence-electron chi connectivity index (χ2n) is 4.48. The van der Waals surface area contributed by atoms with Crippen molar-refractivity contribution in [3.05, 3.63) is 0 Å². The SMILES string of the molecule is C[C@H](N)CN(C)C1CCCN(C)C1. The average molecular weight is 185 g/mol. The van der Waals surface area contributed by atoms with Crippen LogP contribution < -0.4 is 5.73 Å². The number of nitrogens with two attached hydrogens (primary N) is 1. The molecule has 1 aliphatic heterocycles. The van der Waals surface area contributed by atoms with Crippen LogP contribution in [0.2, 0.25) is 0 Å². The molecule has 0 aromatic heterocycles. The third kappa shape index (κ3) is 3.63. The first-order chi connectivity index (χ1) is 6.09. The summed E-state index contributed by atoms with van der Waals surface area (Å²) in [4.78, 5) is 4.81. The average Bonchev–Trinajstić information content (AvgIpc) is 2.03. The highest BCUT2D eigenvalue weighted by Gasteiger charge is 2.21. The predicted octanol–water partition coefficient (Wildman–Crippen LogP) is 0.360. The van der Waals surface area contributed by atoms with Gasteiger partial charge in [-0.05, 0) is 40.4 Å². The molecule has 1 rings (SSSR count). The molecule has 0 radical (unpaired) electrons. The van der Waals surface area contributed by atoms with Gasteiger partial charge in [0.05, 0.1) is 0 Å². The van der Waals surface area contributed by atoms with Crippen LogP contribution in [0.4, 0.5) is 0 Å². The first-order valence-electron chi connectivity index (χ1n) is 5.24. The highest BCUT2D eigenvalue weighted by atomic mass is 15.2. The second kappa shape index (κ2) is 4.94. The summed E-state index contributed by atoms with van der Waals surface area (Å²) < 4.78 is 0. The molecule has 0 amide bonds. The number of piperidine rings is 1.